The largest absolute Gasteiger partial charge is 0.382 e. The summed E-state index contributed by atoms with van der Waals surface area (Å²) >= 11 is 0. The van der Waals surface area contributed by atoms with E-state index in [2.05, 4.69) is 103 Å². The number of hydrogen-bond donors (Lipinski definition) is 1. The average Bonchev–Trinajstić information content (AvgIpc) is 2.85. The van der Waals surface area contributed by atoms with E-state index in [1.54, 1.807) is 0 Å². The molecule has 1 unspecified atom stereocenters. The van der Waals surface area contributed by atoms with Gasteiger partial charge < -0.3 is 5.73 Å². The fourth-order valence-corrected chi connectivity index (χ4v) is 4.29. The van der Waals surface area contributed by atoms with Crippen molar-refractivity contribution in [2.75, 3.05) is 0 Å². The van der Waals surface area contributed by atoms with Gasteiger partial charge in [-0.05, 0) is 52.4 Å². The van der Waals surface area contributed by atoms with E-state index in [0.717, 1.165) is 28.1 Å². The first-order valence-electron chi connectivity index (χ1n) is 11.5. The van der Waals surface area contributed by atoms with Gasteiger partial charge in [-0.1, -0.05) is 97.9 Å². The van der Waals surface area contributed by atoms with Gasteiger partial charge in [0.25, 0.3) is 0 Å². The highest BCUT2D eigenvalue weighted by atomic mass is 14.9. The van der Waals surface area contributed by atoms with Gasteiger partial charge in [-0.3, -0.25) is 4.99 Å². The number of amidine groups is 1. The predicted molar refractivity (Wildman–Crippen MR) is 144 cm³/mol. The van der Waals surface area contributed by atoms with Crippen molar-refractivity contribution in [3.05, 3.63) is 132 Å². The zero-order valence-electron chi connectivity index (χ0n) is 19.4. The van der Waals surface area contributed by atoms with Crippen LogP contribution in [0.4, 0.5) is 5.69 Å². The van der Waals surface area contributed by atoms with Gasteiger partial charge in [0, 0.05) is 17.7 Å². The van der Waals surface area contributed by atoms with Crippen molar-refractivity contribution < 1.29 is 0 Å². The first kappa shape index (κ1) is 21.6. The molecule has 3 heteroatoms. The zero-order chi connectivity index (χ0) is 23.5. The Bertz CT molecular complexity index is 1390. The van der Waals surface area contributed by atoms with E-state index in [1.165, 1.54) is 22.3 Å². The zero-order valence-corrected chi connectivity index (χ0v) is 19.4. The molecular weight excluding hydrogens is 414 g/mol. The normalized spacial score (nSPS) is 14.1. The van der Waals surface area contributed by atoms with Crippen LogP contribution in [0.2, 0.25) is 0 Å². The molecule has 0 fully saturated rings. The van der Waals surface area contributed by atoms with Crippen LogP contribution >= 0.6 is 0 Å². The minimum Gasteiger partial charge on any atom is -0.382 e. The highest BCUT2D eigenvalue weighted by Gasteiger charge is 2.20. The van der Waals surface area contributed by atoms with Crippen LogP contribution in [0.5, 0.6) is 0 Å². The molecule has 1 aliphatic rings. The molecule has 0 amide bonds. The van der Waals surface area contributed by atoms with Gasteiger partial charge in [0.05, 0.1) is 5.69 Å². The summed E-state index contributed by atoms with van der Waals surface area (Å²) in [6, 6.07) is 35.8. The van der Waals surface area contributed by atoms with E-state index in [-0.39, 0.29) is 0 Å². The first-order chi connectivity index (χ1) is 16.6. The molecule has 4 aromatic rings. The Morgan fingerprint density at radius 3 is 1.94 bits per heavy atom. The Balaban J connectivity index is 1.29. The Hall–Kier alpha value is -4.24. The van der Waals surface area contributed by atoms with Gasteiger partial charge in [-0.2, -0.15) is 0 Å². The fraction of sp³-hybridized carbons (Fsp3) is 0.0968. The Labute approximate surface area is 201 Å². The molecule has 2 N–H and O–H groups in total. The third kappa shape index (κ3) is 4.33. The summed E-state index contributed by atoms with van der Waals surface area (Å²) in [5.74, 6) is 0.802. The van der Waals surface area contributed by atoms with Gasteiger partial charge in [-0.25, -0.2) is 4.99 Å². The number of aliphatic imine (C=N–C) groups is 2. The molecule has 34 heavy (non-hydrogen) atoms. The van der Waals surface area contributed by atoms with E-state index >= 15 is 0 Å². The second-order valence-corrected chi connectivity index (χ2v) is 8.63. The van der Waals surface area contributed by atoms with Crippen molar-refractivity contribution in [2.24, 2.45) is 15.7 Å². The van der Waals surface area contributed by atoms with Gasteiger partial charge in [-0.15, -0.1) is 0 Å². The van der Waals surface area contributed by atoms with Gasteiger partial charge in [0.15, 0.2) is 5.84 Å². The molecular formula is C31H27N3. The topological polar surface area (TPSA) is 50.7 Å². The SMILES string of the molecule is Cc1ccccc1C1=CN=C1C(N)=Nc1ccc(-c2ccc(C(C)c3ccccc3)cc2)cc1. The summed E-state index contributed by atoms with van der Waals surface area (Å²) in [7, 11) is 0. The van der Waals surface area contributed by atoms with Gasteiger partial charge in [0.1, 0.15) is 5.71 Å². The molecule has 3 nitrogen and oxygen atoms in total. The molecule has 0 saturated heterocycles. The molecule has 0 radical (unpaired) electrons. The molecule has 1 aliphatic heterocycles. The highest BCUT2D eigenvalue weighted by Crippen LogP contribution is 2.29. The van der Waals surface area contributed by atoms with E-state index in [0.29, 0.717) is 11.8 Å². The Morgan fingerprint density at radius 2 is 1.32 bits per heavy atom. The van der Waals surface area contributed by atoms with Crippen molar-refractivity contribution in [3.63, 3.8) is 0 Å². The van der Waals surface area contributed by atoms with Crippen LogP contribution in [-0.2, 0) is 0 Å². The van der Waals surface area contributed by atoms with Crippen molar-refractivity contribution in [1.82, 2.24) is 0 Å². The molecule has 0 aliphatic carbocycles. The summed E-state index contributed by atoms with van der Waals surface area (Å²) in [6.07, 6.45) is 1.85. The summed E-state index contributed by atoms with van der Waals surface area (Å²) in [5, 5.41) is 0. The summed E-state index contributed by atoms with van der Waals surface area (Å²) in [5.41, 5.74) is 16.2. The summed E-state index contributed by atoms with van der Waals surface area (Å²) in [4.78, 5) is 8.99. The number of nitrogens with zero attached hydrogens (tertiary/aromatic N) is 2. The lowest BCUT2D eigenvalue weighted by Crippen LogP contribution is -2.28. The van der Waals surface area contributed by atoms with Gasteiger partial charge >= 0.3 is 0 Å². The van der Waals surface area contributed by atoms with E-state index in [9.17, 15) is 0 Å². The Kier molecular flexibility index (Phi) is 5.92. The lowest BCUT2D eigenvalue weighted by atomic mass is 9.92. The van der Waals surface area contributed by atoms with E-state index in [4.69, 9.17) is 5.73 Å². The summed E-state index contributed by atoms with van der Waals surface area (Å²) in [6.45, 7) is 4.33. The second-order valence-electron chi connectivity index (χ2n) is 8.63. The van der Waals surface area contributed by atoms with Crippen LogP contribution in [-0.4, -0.2) is 11.5 Å². The molecule has 0 saturated carbocycles. The van der Waals surface area contributed by atoms with Crippen LogP contribution in [0.25, 0.3) is 16.7 Å². The Morgan fingerprint density at radius 1 is 0.735 bits per heavy atom. The minimum absolute atomic E-state index is 0.364. The minimum atomic E-state index is 0.364. The van der Waals surface area contributed by atoms with Crippen molar-refractivity contribution >= 4 is 22.8 Å². The number of rotatable bonds is 6. The number of aryl methyl sites for hydroxylation is 1. The maximum atomic E-state index is 6.31. The maximum absolute atomic E-state index is 6.31. The van der Waals surface area contributed by atoms with Crippen LogP contribution in [0, 0.1) is 6.92 Å². The van der Waals surface area contributed by atoms with E-state index < -0.39 is 0 Å². The monoisotopic (exact) mass is 441 g/mol. The molecule has 166 valence electrons. The lowest BCUT2D eigenvalue weighted by molar-refractivity contribution is 0.923. The average molecular weight is 442 g/mol. The quantitative estimate of drug-likeness (QED) is 0.248. The molecule has 0 bridgehead atoms. The van der Waals surface area contributed by atoms with Crippen molar-refractivity contribution in [3.8, 4) is 11.1 Å². The highest BCUT2D eigenvalue weighted by molar-refractivity contribution is 6.59. The number of hydrogen-bond acceptors (Lipinski definition) is 2. The summed E-state index contributed by atoms with van der Waals surface area (Å²) < 4.78 is 0. The first-order valence-corrected chi connectivity index (χ1v) is 11.5. The van der Waals surface area contributed by atoms with Crippen LogP contribution in [0.15, 0.2) is 119 Å². The third-order valence-electron chi connectivity index (χ3n) is 6.42. The van der Waals surface area contributed by atoms with Crippen molar-refractivity contribution in [1.29, 1.82) is 0 Å². The molecule has 0 aromatic heterocycles. The molecule has 1 heterocycles. The molecule has 1 atom stereocenters. The number of nitrogens with two attached hydrogens (primary N) is 1. The smallest absolute Gasteiger partial charge is 0.150 e. The standard InChI is InChI=1S/C31H27N3/c1-21-8-6-7-11-28(21)29-20-33-30(29)31(32)34-27-18-16-26(17-19-27)25-14-12-24(13-15-25)22(2)23-9-4-3-5-10-23/h3-20,22H,1-2H3,(H2,32,34). The number of benzene rings is 4. The third-order valence-corrected chi connectivity index (χ3v) is 6.42. The molecule has 5 rings (SSSR count). The maximum Gasteiger partial charge on any atom is 0.150 e. The van der Waals surface area contributed by atoms with E-state index in [1.807, 2.05) is 30.5 Å². The van der Waals surface area contributed by atoms with Crippen molar-refractivity contribution in [2.45, 2.75) is 19.8 Å². The second kappa shape index (κ2) is 9.32. The lowest BCUT2D eigenvalue weighted by Gasteiger charge is -2.18. The van der Waals surface area contributed by atoms with Crippen LogP contribution in [0.3, 0.4) is 0 Å². The van der Waals surface area contributed by atoms with Gasteiger partial charge in [0.2, 0.25) is 0 Å². The molecule has 4 aromatic carbocycles. The fourth-order valence-electron chi connectivity index (χ4n) is 4.29. The van der Waals surface area contributed by atoms with Crippen LogP contribution < -0.4 is 5.73 Å². The predicted octanol–water partition coefficient (Wildman–Crippen LogP) is 7.30. The molecule has 0 spiro atoms. The van der Waals surface area contributed by atoms with Crippen LogP contribution in [0.1, 0.15) is 35.1 Å².